The molecule has 0 amide bonds. The van der Waals surface area contributed by atoms with Crippen LogP contribution in [0.4, 0.5) is 22.7 Å². The molecule has 368 valence electrons. The standard InChI is InChI=1S/C66H67N4O.Pt/c1-43(2)54-23-17-18-24-55(54)46-35-51(40-53(36-46)71-52-28-29-57-56-25-19-20-26-58(56)68(59(57)41-52)62-39-48(31-32-67-62)64(6,7)8)70-42-69(70,60-30-27-47(38-61(60)70)63(3,4)5)50-34-45(44-21-15-14-16-22-44)33-49(37-50)66(12,13)65(9,10)11;/h14-39,42-43H,1-13H3;/q-1;/t69-,70?;/m0./s1. The van der Waals surface area contributed by atoms with E-state index in [4.69, 9.17) is 9.72 Å². The molecule has 2 aromatic heterocycles. The van der Waals surface area contributed by atoms with Gasteiger partial charge >= 0.3 is 0 Å². The second-order valence-corrected chi connectivity index (χ2v) is 24.0. The predicted octanol–water partition coefficient (Wildman–Crippen LogP) is 18.3. The van der Waals surface area contributed by atoms with Crippen LogP contribution in [0.15, 0.2) is 158 Å². The Morgan fingerprint density at radius 2 is 1.25 bits per heavy atom. The Bertz CT molecular complexity index is 3570. The summed E-state index contributed by atoms with van der Waals surface area (Å²) in [5, 5.41) is 2.24. The molecule has 2 atom stereocenters. The van der Waals surface area contributed by atoms with Gasteiger partial charge in [0.15, 0.2) is 12.4 Å². The summed E-state index contributed by atoms with van der Waals surface area (Å²) >= 11 is 0. The molecule has 2 aliphatic heterocycles. The van der Waals surface area contributed by atoms with E-state index in [1.165, 1.54) is 56.0 Å². The summed E-state index contributed by atoms with van der Waals surface area (Å²) in [4.78, 5) is 4.95. The van der Waals surface area contributed by atoms with Crippen molar-refractivity contribution in [3.05, 3.63) is 199 Å². The molecule has 1 unspecified atom stereocenters. The Kier molecular flexibility index (Phi) is 11.9. The van der Waals surface area contributed by atoms with Crippen LogP contribution in [0.3, 0.4) is 0 Å². The van der Waals surface area contributed by atoms with E-state index in [1.807, 2.05) is 6.20 Å². The van der Waals surface area contributed by atoms with E-state index < -0.39 is 0 Å². The van der Waals surface area contributed by atoms with Crippen LogP contribution in [-0.2, 0) is 37.3 Å². The molecular formula is C66H67N4OPt-. The number of aromatic nitrogens is 2. The Morgan fingerprint density at radius 3 is 1.97 bits per heavy atom. The number of rotatable bonds is 9. The minimum absolute atomic E-state index is 0. The monoisotopic (exact) mass is 1130 g/mol. The molecule has 7 aromatic carbocycles. The SMILES string of the molecule is CC(C)c1ccccc1-c1cc(Oc2[c-]c3c(cc2)c2ccccc2n3-c2cc(C(C)(C)C)ccn2)[c-]c([N+]23[CH-][N@+]2(c2cc(-c4ccccc4)cc(C(C)(C)C(C)(C)C)c2)c2ccc(C(C)(C)C)cc23)c1.[Pt]. The van der Waals surface area contributed by atoms with Gasteiger partial charge in [-0.25, -0.2) is 9.58 Å². The first-order valence-corrected chi connectivity index (χ1v) is 25.4. The molecule has 6 heteroatoms. The van der Waals surface area contributed by atoms with E-state index in [2.05, 4.69) is 265 Å². The van der Waals surface area contributed by atoms with Crippen molar-refractivity contribution in [2.24, 2.45) is 5.41 Å². The Labute approximate surface area is 442 Å². The molecule has 9 aromatic rings. The van der Waals surface area contributed by atoms with Crippen molar-refractivity contribution in [3.8, 4) is 39.6 Å². The number of hydrogen-bond acceptors (Lipinski definition) is 2. The van der Waals surface area contributed by atoms with Crippen LogP contribution in [0.2, 0.25) is 0 Å². The zero-order valence-corrected chi connectivity index (χ0v) is 46.5. The smallest absolute Gasteiger partial charge is 0.225 e. The first-order chi connectivity index (χ1) is 33.6. The maximum atomic E-state index is 7.14. The average Bonchev–Trinajstić information content (AvgIpc) is 3.84. The van der Waals surface area contributed by atoms with E-state index in [-0.39, 0.29) is 42.7 Å². The van der Waals surface area contributed by atoms with E-state index >= 15 is 0 Å². The van der Waals surface area contributed by atoms with Crippen molar-refractivity contribution in [2.45, 2.75) is 112 Å². The van der Waals surface area contributed by atoms with Crippen LogP contribution >= 0.6 is 0 Å². The Morgan fingerprint density at radius 1 is 0.556 bits per heavy atom. The van der Waals surface area contributed by atoms with Gasteiger partial charge in [-0.1, -0.05) is 193 Å². The summed E-state index contributed by atoms with van der Waals surface area (Å²) in [6.45, 7) is 32.6. The van der Waals surface area contributed by atoms with Gasteiger partial charge in [-0.05, 0) is 90.1 Å². The molecule has 2 aliphatic rings. The van der Waals surface area contributed by atoms with Gasteiger partial charge in [0, 0.05) is 68.5 Å². The fourth-order valence-electron chi connectivity index (χ4n) is 10.8. The van der Waals surface area contributed by atoms with Crippen LogP contribution in [0.25, 0.3) is 49.9 Å². The summed E-state index contributed by atoms with van der Waals surface area (Å²) in [7, 11) is 0. The number of pyridine rings is 1. The minimum atomic E-state index is -0.136. The van der Waals surface area contributed by atoms with Gasteiger partial charge in [-0.2, -0.15) is 10.7 Å². The van der Waals surface area contributed by atoms with Gasteiger partial charge in [-0.15, -0.1) is 29.1 Å². The molecule has 1 fully saturated rings. The minimum Gasteiger partial charge on any atom is -0.509 e. The Hall–Kier alpha value is -6.10. The van der Waals surface area contributed by atoms with Gasteiger partial charge < -0.3 is 9.30 Å². The van der Waals surface area contributed by atoms with E-state index in [0.717, 1.165) is 38.9 Å². The third-order valence-electron chi connectivity index (χ3n) is 16.1. The first-order valence-electron chi connectivity index (χ1n) is 25.4. The zero-order chi connectivity index (χ0) is 50.0. The van der Waals surface area contributed by atoms with Gasteiger partial charge in [0.1, 0.15) is 5.82 Å². The summed E-state index contributed by atoms with van der Waals surface area (Å²) in [6, 6.07) is 63.6. The second kappa shape index (κ2) is 17.3. The molecule has 1 saturated heterocycles. The summed E-state index contributed by atoms with van der Waals surface area (Å²) in [5.74, 6) is 2.42. The number of fused-ring (bicyclic) bond motifs is 7. The van der Waals surface area contributed by atoms with Crippen molar-refractivity contribution in [1.82, 2.24) is 18.7 Å². The number of quaternary nitrogens is 2. The van der Waals surface area contributed by atoms with Gasteiger partial charge in [0.25, 0.3) is 0 Å². The number of nitrogens with zero attached hydrogens (tertiary/aromatic N) is 4. The molecule has 0 bridgehead atoms. The van der Waals surface area contributed by atoms with Crippen molar-refractivity contribution in [2.75, 3.05) is 0 Å². The maximum absolute atomic E-state index is 7.14. The fraction of sp³-hybridized carbons (Fsp3) is 0.273. The van der Waals surface area contributed by atoms with Crippen LogP contribution in [0, 0.1) is 24.2 Å². The normalized spacial score (nSPS) is 17.6. The van der Waals surface area contributed by atoms with Gasteiger partial charge in [0.2, 0.25) is 11.4 Å². The summed E-state index contributed by atoms with van der Waals surface area (Å²) in [5.41, 5.74) is 16.4. The topological polar surface area (TPSA) is 27.1 Å². The molecule has 0 saturated carbocycles. The van der Waals surface area contributed by atoms with Crippen LogP contribution in [0.5, 0.6) is 11.5 Å². The van der Waals surface area contributed by atoms with Crippen molar-refractivity contribution < 1.29 is 25.8 Å². The molecule has 4 heterocycles. The fourth-order valence-corrected chi connectivity index (χ4v) is 10.8. The van der Waals surface area contributed by atoms with E-state index in [1.54, 1.807) is 0 Å². The van der Waals surface area contributed by atoms with Crippen LogP contribution in [0.1, 0.15) is 118 Å². The molecule has 11 rings (SSSR count). The molecular weight excluding hydrogens is 1060 g/mol. The predicted molar refractivity (Wildman–Crippen MR) is 298 cm³/mol. The summed E-state index contributed by atoms with van der Waals surface area (Å²) < 4.78 is 10.4. The molecule has 0 radical (unpaired) electrons. The molecule has 72 heavy (non-hydrogen) atoms. The summed E-state index contributed by atoms with van der Waals surface area (Å²) in [6.07, 6.45) is 1.92. The number of ether oxygens (including phenoxy) is 1. The van der Waals surface area contributed by atoms with Crippen molar-refractivity contribution >= 4 is 44.6 Å². The van der Waals surface area contributed by atoms with Crippen LogP contribution < -0.4 is 13.9 Å². The largest absolute Gasteiger partial charge is 0.509 e. The van der Waals surface area contributed by atoms with E-state index in [9.17, 15) is 0 Å². The third kappa shape index (κ3) is 7.81. The molecule has 0 aliphatic carbocycles. The van der Waals surface area contributed by atoms with Gasteiger partial charge in [0.05, 0.1) is 5.69 Å². The van der Waals surface area contributed by atoms with Crippen molar-refractivity contribution in [3.63, 3.8) is 0 Å². The third-order valence-corrected chi connectivity index (χ3v) is 16.1. The number of benzene rings is 7. The number of para-hydroxylation sites is 1. The Balaban J connectivity index is 0.00000596. The molecule has 0 N–H and O–H groups in total. The first kappa shape index (κ1) is 49.5. The zero-order valence-electron chi connectivity index (χ0n) is 44.2. The van der Waals surface area contributed by atoms with Crippen molar-refractivity contribution in [1.29, 1.82) is 0 Å². The van der Waals surface area contributed by atoms with E-state index in [0.29, 0.717) is 26.6 Å². The quantitative estimate of drug-likeness (QED) is 0.0818. The van der Waals surface area contributed by atoms with Gasteiger partial charge in [-0.3, -0.25) is 0 Å². The molecule has 5 nitrogen and oxygen atoms in total. The average molecular weight is 1130 g/mol. The molecule has 0 spiro atoms. The van der Waals surface area contributed by atoms with Crippen LogP contribution in [-0.4, -0.2) is 9.55 Å². The maximum Gasteiger partial charge on any atom is 0.225 e. The second-order valence-electron chi connectivity index (χ2n) is 24.0. The number of hydrogen-bond donors (Lipinski definition) is 0.